The van der Waals surface area contributed by atoms with Crippen molar-refractivity contribution in [2.24, 2.45) is 4.99 Å². The number of ether oxygens (including phenoxy) is 1. The number of rotatable bonds is 5. The zero-order valence-corrected chi connectivity index (χ0v) is 12.6. The summed E-state index contributed by atoms with van der Waals surface area (Å²) in [6.07, 6.45) is 2.28. The van der Waals surface area contributed by atoms with Crippen molar-refractivity contribution < 1.29 is 19.2 Å². The van der Waals surface area contributed by atoms with Crippen molar-refractivity contribution in [2.75, 3.05) is 6.26 Å². The molecule has 2 rings (SSSR count). The summed E-state index contributed by atoms with van der Waals surface area (Å²) in [6.45, 7) is 1.25. The van der Waals surface area contributed by atoms with Crippen molar-refractivity contribution in [3.05, 3.63) is 39.9 Å². The average molecular weight is 323 g/mol. The van der Waals surface area contributed by atoms with Crippen LogP contribution in [0.2, 0.25) is 0 Å². The summed E-state index contributed by atoms with van der Waals surface area (Å²) in [5, 5.41) is 13.1. The third-order valence-electron chi connectivity index (χ3n) is 3.05. The van der Waals surface area contributed by atoms with Gasteiger partial charge in [-0.2, -0.15) is 0 Å². The van der Waals surface area contributed by atoms with Crippen LogP contribution in [0.15, 0.2) is 29.3 Å². The second-order valence-corrected chi connectivity index (χ2v) is 5.50. The van der Waals surface area contributed by atoms with Crippen LogP contribution in [0, 0.1) is 10.1 Å². The van der Waals surface area contributed by atoms with Crippen LogP contribution in [0.1, 0.15) is 12.5 Å². The summed E-state index contributed by atoms with van der Waals surface area (Å²) < 4.78 is 5.01. The lowest BCUT2D eigenvalue weighted by Crippen LogP contribution is -2.70. The Hall–Kier alpha value is -2.42. The topological polar surface area (TPSA) is 111 Å². The van der Waals surface area contributed by atoms with Crippen molar-refractivity contribution in [3.8, 4) is 0 Å². The van der Waals surface area contributed by atoms with E-state index in [1.165, 1.54) is 37.4 Å². The summed E-state index contributed by atoms with van der Waals surface area (Å²) in [6, 6.07) is 5.73. The lowest BCUT2D eigenvalue weighted by molar-refractivity contribution is -0.384. The number of thioether (sulfide) groups is 1. The number of hydrogen-bond acceptors (Lipinski definition) is 7. The van der Waals surface area contributed by atoms with Gasteiger partial charge in [0.1, 0.15) is 0 Å². The number of aliphatic imine (C=N–C) groups is 1. The zero-order chi connectivity index (χ0) is 16.3. The first-order valence-corrected chi connectivity index (χ1v) is 7.44. The molecule has 1 N–H and O–H groups in total. The molecule has 2 atom stereocenters. The lowest BCUT2D eigenvalue weighted by Gasteiger charge is -2.42. The highest BCUT2D eigenvalue weighted by atomic mass is 32.2. The van der Waals surface area contributed by atoms with E-state index in [-0.39, 0.29) is 11.6 Å². The molecule has 0 unspecified atom stereocenters. The number of β-lactam (4-membered cyclic amide) rings is 1. The molecule has 9 heteroatoms. The van der Waals surface area contributed by atoms with Gasteiger partial charge in [0, 0.05) is 25.3 Å². The van der Waals surface area contributed by atoms with Gasteiger partial charge in [0.25, 0.3) is 11.6 Å². The molecule has 0 spiro atoms. The van der Waals surface area contributed by atoms with Gasteiger partial charge < -0.3 is 10.1 Å². The first-order valence-electron chi connectivity index (χ1n) is 6.22. The van der Waals surface area contributed by atoms with Gasteiger partial charge in [-0.15, -0.1) is 11.8 Å². The number of nitro groups is 1. The maximum absolute atomic E-state index is 11.8. The monoisotopic (exact) mass is 323 g/mol. The normalized spacial score (nSPS) is 23.7. The van der Waals surface area contributed by atoms with E-state index in [0.717, 1.165) is 11.8 Å². The number of non-ortho nitro benzene ring substituents is 1. The van der Waals surface area contributed by atoms with Crippen molar-refractivity contribution in [2.45, 2.75) is 18.0 Å². The fraction of sp³-hybridized carbons (Fsp3) is 0.308. The summed E-state index contributed by atoms with van der Waals surface area (Å²) in [7, 11) is 0. The van der Waals surface area contributed by atoms with E-state index < -0.39 is 22.0 Å². The van der Waals surface area contributed by atoms with Gasteiger partial charge in [-0.1, -0.05) is 0 Å². The largest absolute Gasteiger partial charge is 0.438 e. The summed E-state index contributed by atoms with van der Waals surface area (Å²) in [4.78, 5) is 35.9. The third-order valence-corrected chi connectivity index (χ3v) is 4.17. The zero-order valence-electron chi connectivity index (χ0n) is 11.8. The van der Waals surface area contributed by atoms with Crippen LogP contribution in [-0.2, 0) is 14.3 Å². The molecule has 1 saturated heterocycles. The predicted octanol–water partition coefficient (Wildman–Crippen LogP) is 1.09. The second-order valence-electron chi connectivity index (χ2n) is 4.47. The van der Waals surface area contributed by atoms with E-state index in [9.17, 15) is 19.7 Å². The van der Waals surface area contributed by atoms with Crippen LogP contribution in [-0.4, -0.2) is 40.4 Å². The maximum atomic E-state index is 11.8. The number of nitrogens with zero attached hydrogens (tertiary/aromatic N) is 2. The van der Waals surface area contributed by atoms with Gasteiger partial charge in [-0.25, -0.2) is 0 Å². The van der Waals surface area contributed by atoms with E-state index in [4.69, 9.17) is 4.74 Å². The number of carbonyl (C=O) groups is 2. The molecule has 0 aromatic heterocycles. The number of carbonyl (C=O) groups excluding carboxylic acids is 2. The van der Waals surface area contributed by atoms with Crippen LogP contribution < -0.4 is 5.32 Å². The van der Waals surface area contributed by atoms with E-state index in [1.54, 1.807) is 6.26 Å². The fourth-order valence-corrected chi connectivity index (χ4v) is 2.59. The number of esters is 1. The van der Waals surface area contributed by atoms with Crippen LogP contribution >= 0.6 is 11.8 Å². The van der Waals surface area contributed by atoms with E-state index in [0.29, 0.717) is 5.56 Å². The molecule has 0 bridgehead atoms. The molecule has 8 nitrogen and oxygen atoms in total. The van der Waals surface area contributed by atoms with Crippen LogP contribution in [0.5, 0.6) is 0 Å². The molecule has 1 amide bonds. The molecule has 22 heavy (non-hydrogen) atoms. The van der Waals surface area contributed by atoms with E-state index in [1.807, 2.05) is 0 Å². The molecule has 0 radical (unpaired) electrons. The molecular formula is C13H13N3O5S. The van der Waals surface area contributed by atoms with Crippen LogP contribution in [0.3, 0.4) is 0 Å². The van der Waals surface area contributed by atoms with Crippen molar-refractivity contribution >= 4 is 35.5 Å². The molecule has 0 saturated carbocycles. The Labute approximate surface area is 130 Å². The molecule has 1 aromatic rings. The SMILES string of the molecule is CS[C@@]1(N=Cc2ccc([N+](=O)[O-])cc2)C(=O)N[C@H]1OC(C)=O. The van der Waals surface area contributed by atoms with E-state index in [2.05, 4.69) is 10.3 Å². The molecule has 1 heterocycles. The summed E-state index contributed by atoms with van der Waals surface area (Å²) in [5.41, 5.74) is 0.566. The molecule has 1 aromatic carbocycles. The minimum Gasteiger partial charge on any atom is -0.438 e. The van der Waals surface area contributed by atoms with Crippen LogP contribution in [0.4, 0.5) is 5.69 Å². The molecule has 1 fully saturated rings. The number of benzene rings is 1. The first kappa shape index (κ1) is 16.0. The first-order chi connectivity index (χ1) is 10.4. The Morgan fingerprint density at radius 1 is 1.50 bits per heavy atom. The quantitative estimate of drug-likeness (QED) is 0.285. The highest BCUT2D eigenvalue weighted by Crippen LogP contribution is 2.36. The Morgan fingerprint density at radius 2 is 2.14 bits per heavy atom. The number of hydrogen-bond donors (Lipinski definition) is 1. The van der Waals surface area contributed by atoms with Crippen LogP contribution in [0.25, 0.3) is 0 Å². The lowest BCUT2D eigenvalue weighted by atomic mass is 10.1. The van der Waals surface area contributed by atoms with Crippen molar-refractivity contribution in [1.29, 1.82) is 0 Å². The van der Waals surface area contributed by atoms with Gasteiger partial charge in [-0.3, -0.25) is 24.7 Å². The van der Waals surface area contributed by atoms with E-state index >= 15 is 0 Å². The predicted molar refractivity (Wildman–Crippen MR) is 80.6 cm³/mol. The van der Waals surface area contributed by atoms with Gasteiger partial charge in [0.15, 0.2) is 0 Å². The maximum Gasteiger partial charge on any atom is 0.304 e. The summed E-state index contributed by atoms with van der Waals surface area (Å²) >= 11 is 1.15. The third kappa shape index (κ3) is 2.93. The van der Waals surface area contributed by atoms with Gasteiger partial charge in [-0.05, 0) is 24.0 Å². The number of amides is 1. The minimum atomic E-state index is -1.23. The van der Waals surface area contributed by atoms with Gasteiger partial charge in [0.2, 0.25) is 11.1 Å². The Bertz CT molecular complexity index is 646. The van der Waals surface area contributed by atoms with Crippen molar-refractivity contribution in [3.63, 3.8) is 0 Å². The molecule has 116 valence electrons. The minimum absolute atomic E-state index is 0.0316. The number of nitro benzene ring substituents is 1. The standard InChI is InChI=1S/C13H13N3O5S/c1-8(17)21-12-13(22-2,11(18)15-12)14-7-9-3-5-10(6-4-9)16(19)20/h3-7,12H,1-2H3,(H,15,18)/t12-,13-/m0/s1. The smallest absolute Gasteiger partial charge is 0.304 e. The fourth-order valence-electron chi connectivity index (χ4n) is 1.87. The Morgan fingerprint density at radius 3 is 2.59 bits per heavy atom. The highest BCUT2D eigenvalue weighted by Gasteiger charge is 2.57. The molecular weight excluding hydrogens is 310 g/mol. The average Bonchev–Trinajstić information content (AvgIpc) is 2.47. The Balaban J connectivity index is 2.19. The second kappa shape index (κ2) is 6.14. The van der Waals surface area contributed by atoms with Gasteiger partial charge >= 0.3 is 5.97 Å². The summed E-state index contributed by atoms with van der Waals surface area (Å²) in [5.74, 6) is -0.877. The molecule has 1 aliphatic heterocycles. The molecule has 0 aliphatic carbocycles. The molecule has 1 aliphatic rings. The highest BCUT2D eigenvalue weighted by molar-refractivity contribution is 8.00. The Kier molecular flexibility index (Phi) is 4.45. The number of nitrogens with one attached hydrogen (secondary N) is 1. The van der Waals surface area contributed by atoms with Crippen molar-refractivity contribution in [1.82, 2.24) is 5.32 Å². The van der Waals surface area contributed by atoms with Gasteiger partial charge in [0.05, 0.1) is 4.92 Å².